The molecular weight excluding hydrogens is 202 g/mol. The summed E-state index contributed by atoms with van der Waals surface area (Å²) in [5.41, 5.74) is 1.86. The van der Waals surface area contributed by atoms with Gasteiger partial charge >= 0.3 is 6.09 Å². The average molecular weight is 218 g/mol. The van der Waals surface area contributed by atoms with Gasteiger partial charge in [0.25, 0.3) is 0 Å². The molecule has 1 N–H and O–H groups in total. The number of benzene rings is 1. The number of carbonyl (C=O) groups is 1. The lowest BCUT2D eigenvalue weighted by Gasteiger charge is -2.06. The maximum Gasteiger partial charge on any atom is 0.411 e. The van der Waals surface area contributed by atoms with Gasteiger partial charge < -0.3 is 4.74 Å². The lowest BCUT2D eigenvalue weighted by atomic mass is 10.1. The first kappa shape index (κ1) is 12.3. The number of aryl methyl sites for hydroxylation is 1. The summed E-state index contributed by atoms with van der Waals surface area (Å²) in [6, 6.07) is 8.55. The Hall–Kier alpha value is -1.77. The molecule has 0 fully saturated rings. The van der Waals surface area contributed by atoms with E-state index in [4.69, 9.17) is 4.74 Å². The van der Waals surface area contributed by atoms with Gasteiger partial charge in [0.05, 0.1) is 0 Å². The van der Waals surface area contributed by atoms with Crippen LogP contribution in [0.2, 0.25) is 0 Å². The quantitative estimate of drug-likeness (QED) is 0.771. The lowest BCUT2D eigenvalue weighted by molar-refractivity contribution is 0.174. The first-order chi connectivity index (χ1) is 7.76. The number of rotatable bonds is 5. The summed E-state index contributed by atoms with van der Waals surface area (Å²) in [7, 11) is 0. The number of ether oxygens (including phenoxy) is 1. The Morgan fingerprint density at radius 2 is 2.44 bits per heavy atom. The van der Waals surface area contributed by atoms with E-state index in [0.717, 1.165) is 18.4 Å². The Kier molecular flexibility index (Phi) is 5.12. The minimum absolute atomic E-state index is 0.212. The van der Waals surface area contributed by atoms with E-state index in [2.05, 4.69) is 24.9 Å². The summed E-state index contributed by atoms with van der Waals surface area (Å²) in [5.74, 6) is 0. The normalized spacial score (nSPS) is 9.56. The van der Waals surface area contributed by atoms with Crippen molar-refractivity contribution < 1.29 is 9.53 Å². The first-order valence-corrected chi connectivity index (χ1v) is 5.31. The Labute approximate surface area is 96.1 Å². The van der Waals surface area contributed by atoms with Crippen molar-refractivity contribution in [1.82, 2.24) is 0 Å². The standard InChI is InChI=1S/C13H16NO2/c1-3-6-11-7-5-8-12(10-11)14-13(15)16-9-4-2/h4,7-8,10H,2-3,6,9H2,1H3,(H,14,15). The Balaban J connectivity index is 2.55. The summed E-state index contributed by atoms with van der Waals surface area (Å²) in [5, 5.41) is 2.64. The maximum atomic E-state index is 11.2. The summed E-state index contributed by atoms with van der Waals surface area (Å²) in [6.07, 6.45) is 3.10. The van der Waals surface area contributed by atoms with Crippen LogP contribution in [0.5, 0.6) is 0 Å². The van der Waals surface area contributed by atoms with Crippen LogP contribution in [-0.2, 0) is 11.2 Å². The van der Waals surface area contributed by atoms with Crippen molar-refractivity contribution >= 4 is 11.8 Å². The first-order valence-electron chi connectivity index (χ1n) is 5.31. The molecule has 16 heavy (non-hydrogen) atoms. The fourth-order valence-electron chi connectivity index (χ4n) is 1.32. The zero-order chi connectivity index (χ0) is 11.8. The molecule has 1 amide bonds. The van der Waals surface area contributed by atoms with Crippen LogP contribution in [0.15, 0.2) is 30.9 Å². The molecule has 3 nitrogen and oxygen atoms in total. The Bertz CT molecular complexity index is 361. The SMILES string of the molecule is C=CCOC(=O)Nc1c[c]cc(CCC)c1. The summed E-state index contributed by atoms with van der Waals surface area (Å²) in [4.78, 5) is 11.2. The van der Waals surface area contributed by atoms with Crippen molar-refractivity contribution in [3.8, 4) is 0 Å². The number of nitrogens with one attached hydrogen (secondary N) is 1. The predicted molar refractivity (Wildman–Crippen MR) is 64.4 cm³/mol. The van der Waals surface area contributed by atoms with Crippen molar-refractivity contribution in [2.75, 3.05) is 11.9 Å². The Morgan fingerprint density at radius 1 is 1.62 bits per heavy atom. The molecule has 0 spiro atoms. The zero-order valence-corrected chi connectivity index (χ0v) is 9.45. The lowest BCUT2D eigenvalue weighted by Crippen LogP contribution is -2.13. The van der Waals surface area contributed by atoms with Crippen molar-refractivity contribution in [2.45, 2.75) is 19.8 Å². The van der Waals surface area contributed by atoms with Gasteiger partial charge in [-0.05, 0) is 30.2 Å². The van der Waals surface area contributed by atoms with E-state index < -0.39 is 6.09 Å². The number of amides is 1. The van der Waals surface area contributed by atoms with E-state index in [1.807, 2.05) is 12.1 Å². The minimum Gasteiger partial charge on any atom is -0.445 e. The summed E-state index contributed by atoms with van der Waals surface area (Å²) < 4.78 is 4.81. The van der Waals surface area contributed by atoms with Gasteiger partial charge in [0, 0.05) is 5.69 Å². The molecule has 0 saturated carbocycles. The molecule has 0 saturated heterocycles. The summed E-state index contributed by atoms with van der Waals surface area (Å²) >= 11 is 0. The van der Waals surface area contributed by atoms with Crippen molar-refractivity contribution in [3.05, 3.63) is 42.5 Å². The highest BCUT2D eigenvalue weighted by atomic mass is 16.5. The number of carbonyl (C=O) groups excluding carboxylic acids is 1. The van der Waals surface area contributed by atoms with Crippen molar-refractivity contribution in [3.63, 3.8) is 0 Å². The van der Waals surface area contributed by atoms with Gasteiger partial charge in [0.15, 0.2) is 0 Å². The van der Waals surface area contributed by atoms with Gasteiger partial charge in [-0.1, -0.05) is 32.1 Å². The third-order valence-corrected chi connectivity index (χ3v) is 1.97. The van der Waals surface area contributed by atoms with E-state index in [1.165, 1.54) is 6.08 Å². The number of hydrogen-bond acceptors (Lipinski definition) is 2. The largest absolute Gasteiger partial charge is 0.445 e. The van der Waals surface area contributed by atoms with Crippen LogP contribution in [0.1, 0.15) is 18.9 Å². The molecule has 0 unspecified atom stereocenters. The molecule has 0 atom stereocenters. The van der Waals surface area contributed by atoms with Gasteiger partial charge in [-0.2, -0.15) is 0 Å². The van der Waals surface area contributed by atoms with E-state index in [0.29, 0.717) is 5.69 Å². The second-order valence-electron chi connectivity index (χ2n) is 3.39. The van der Waals surface area contributed by atoms with E-state index in [-0.39, 0.29) is 6.61 Å². The highest BCUT2D eigenvalue weighted by Gasteiger charge is 2.02. The smallest absolute Gasteiger partial charge is 0.411 e. The molecule has 0 bridgehead atoms. The highest BCUT2D eigenvalue weighted by Crippen LogP contribution is 2.11. The van der Waals surface area contributed by atoms with Crippen LogP contribution in [0.4, 0.5) is 10.5 Å². The van der Waals surface area contributed by atoms with Crippen molar-refractivity contribution in [1.29, 1.82) is 0 Å². The Morgan fingerprint density at radius 3 is 3.12 bits per heavy atom. The monoisotopic (exact) mass is 218 g/mol. The number of anilines is 1. The third-order valence-electron chi connectivity index (χ3n) is 1.97. The van der Waals surface area contributed by atoms with E-state index in [9.17, 15) is 4.79 Å². The maximum absolute atomic E-state index is 11.2. The van der Waals surface area contributed by atoms with Gasteiger partial charge in [0.2, 0.25) is 0 Å². The fraction of sp³-hybridized carbons (Fsp3) is 0.308. The second kappa shape index (κ2) is 6.67. The molecule has 0 heterocycles. The predicted octanol–water partition coefficient (Wildman–Crippen LogP) is 3.17. The van der Waals surface area contributed by atoms with Crippen molar-refractivity contribution in [2.24, 2.45) is 0 Å². The van der Waals surface area contributed by atoms with Crippen LogP contribution in [0.3, 0.4) is 0 Å². The van der Waals surface area contributed by atoms with Crippen LogP contribution >= 0.6 is 0 Å². The molecule has 1 aromatic rings. The molecule has 0 aliphatic carbocycles. The zero-order valence-electron chi connectivity index (χ0n) is 9.45. The van der Waals surface area contributed by atoms with Crippen LogP contribution in [-0.4, -0.2) is 12.7 Å². The van der Waals surface area contributed by atoms with Crippen LogP contribution in [0, 0.1) is 6.07 Å². The van der Waals surface area contributed by atoms with Crippen LogP contribution < -0.4 is 5.32 Å². The third kappa shape index (κ3) is 4.17. The molecule has 0 aliphatic rings. The van der Waals surface area contributed by atoms with Crippen LogP contribution in [0.25, 0.3) is 0 Å². The summed E-state index contributed by atoms with van der Waals surface area (Å²) in [6.45, 7) is 5.79. The molecular formula is C13H16NO2. The minimum atomic E-state index is -0.470. The molecule has 0 aliphatic heterocycles. The van der Waals surface area contributed by atoms with E-state index >= 15 is 0 Å². The molecule has 1 aromatic carbocycles. The molecule has 1 radical (unpaired) electrons. The molecule has 85 valence electrons. The van der Waals surface area contributed by atoms with Gasteiger partial charge in [-0.25, -0.2) is 4.79 Å². The topological polar surface area (TPSA) is 38.3 Å². The average Bonchev–Trinajstić information content (AvgIpc) is 2.27. The number of hydrogen-bond donors (Lipinski definition) is 1. The second-order valence-corrected chi connectivity index (χ2v) is 3.39. The fourth-order valence-corrected chi connectivity index (χ4v) is 1.32. The molecule has 3 heteroatoms. The van der Waals surface area contributed by atoms with E-state index in [1.54, 1.807) is 6.07 Å². The molecule has 1 rings (SSSR count). The highest BCUT2D eigenvalue weighted by molar-refractivity contribution is 5.84. The van der Waals surface area contributed by atoms with Gasteiger partial charge in [-0.15, -0.1) is 0 Å². The van der Waals surface area contributed by atoms with Gasteiger partial charge in [0.1, 0.15) is 6.61 Å². The van der Waals surface area contributed by atoms with Gasteiger partial charge in [-0.3, -0.25) is 5.32 Å². The molecule has 0 aromatic heterocycles.